The zero-order valence-corrected chi connectivity index (χ0v) is 12.6. The topological polar surface area (TPSA) is 0 Å². The third-order valence-corrected chi connectivity index (χ3v) is 4.46. The molecule has 0 saturated heterocycles. The maximum Gasteiger partial charge on any atom is 0.162 e. The summed E-state index contributed by atoms with van der Waals surface area (Å²) in [5.41, 5.74) is 0.280. The van der Waals surface area contributed by atoms with Crippen molar-refractivity contribution >= 4 is 17.4 Å². The van der Waals surface area contributed by atoms with Gasteiger partial charge in [0.1, 0.15) is 5.83 Å². The fraction of sp³-hybridized carbons (Fsp3) is 0.529. The highest BCUT2D eigenvalue weighted by Gasteiger charge is 2.26. The van der Waals surface area contributed by atoms with Crippen molar-refractivity contribution < 1.29 is 8.78 Å². The molecule has 0 radical (unpaired) electrons. The summed E-state index contributed by atoms with van der Waals surface area (Å²) in [6.07, 6.45) is 5.93. The van der Waals surface area contributed by atoms with Crippen molar-refractivity contribution in [2.75, 3.05) is 0 Å². The molecule has 1 aliphatic carbocycles. The second kappa shape index (κ2) is 7.21. The lowest BCUT2D eigenvalue weighted by molar-refractivity contribution is 0.261. The number of hydrogen-bond donors (Lipinski definition) is 0. The highest BCUT2D eigenvalue weighted by atomic mass is 35.5. The molecule has 1 aliphatic rings. The lowest BCUT2D eigenvalue weighted by Gasteiger charge is -2.27. The average Bonchev–Trinajstić information content (AvgIpc) is 2.48. The summed E-state index contributed by atoms with van der Waals surface area (Å²) in [6.45, 7) is 2.17. The standard InChI is InChI=1S/C17H21ClF2/c1-2-3-12-4-6-13(7-5-12)16(19)17(20)14-8-10-15(18)11-9-14/h8-13H,2-7H2,1H3. The molecule has 0 bridgehead atoms. The average molecular weight is 299 g/mol. The lowest BCUT2D eigenvalue weighted by Crippen LogP contribution is -2.15. The molecule has 20 heavy (non-hydrogen) atoms. The van der Waals surface area contributed by atoms with Gasteiger partial charge in [-0.15, -0.1) is 0 Å². The van der Waals surface area contributed by atoms with E-state index < -0.39 is 11.7 Å². The molecule has 0 aromatic heterocycles. The van der Waals surface area contributed by atoms with Crippen LogP contribution in [0.2, 0.25) is 5.02 Å². The summed E-state index contributed by atoms with van der Waals surface area (Å²) in [5.74, 6) is -0.857. The van der Waals surface area contributed by atoms with Gasteiger partial charge in [-0.1, -0.05) is 43.5 Å². The van der Waals surface area contributed by atoms with Gasteiger partial charge >= 0.3 is 0 Å². The number of benzene rings is 1. The molecule has 3 heteroatoms. The summed E-state index contributed by atoms with van der Waals surface area (Å²) < 4.78 is 28.4. The van der Waals surface area contributed by atoms with E-state index in [-0.39, 0.29) is 11.5 Å². The van der Waals surface area contributed by atoms with E-state index in [1.54, 1.807) is 12.1 Å². The molecule has 0 N–H and O–H groups in total. The molecule has 0 amide bonds. The van der Waals surface area contributed by atoms with Crippen molar-refractivity contribution in [1.82, 2.24) is 0 Å². The molecule has 0 heterocycles. The first-order valence-electron chi connectivity index (χ1n) is 7.43. The highest BCUT2D eigenvalue weighted by Crippen LogP contribution is 2.39. The van der Waals surface area contributed by atoms with Gasteiger partial charge in [0.2, 0.25) is 0 Å². The van der Waals surface area contributed by atoms with Gasteiger partial charge < -0.3 is 0 Å². The third-order valence-electron chi connectivity index (χ3n) is 4.21. The fourth-order valence-electron chi connectivity index (χ4n) is 3.03. The van der Waals surface area contributed by atoms with Crippen LogP contribution >= 0.6 is 11.6 Å². The molecule has 2 rings (SSSR count). The quantitative estimate of drug-likeness (QED) is 0.591. The van der Waals surface area contributed by atoms with Gasteiger partial charge in [0.05, 0.1) is 0 Å². The first kappa shape index (κ1) is 15.5. The molecular formula is C17H21ClF2. The SMILES string of the molecule is CCCC1CCC(C(F)=C(F)c2ccc(Cl)cc2)CC1. The van der Waals surface area contributed by atoms with E-state index in [9.17, 15) is 8.78 Å². The number of allylic oxidation sites excluding steroid dienone is 1. The van der Waals surface area contributed by atoms with Crippen molar-refractivity contribution in [3.63, 3.8) is 0 Å². The zero-order chi connectivity index (χ0) is 14.5. The summed E-state index contributed by atoms with van der Waals surface area (Å²) in [4.78, 5) is 0. The van der Waals surface area contributed by atoms with Gasteiger partial charge in [-0.25, -0.2) is 8.78 Å². The monoisotopic (exact) mass is 298 g/mol. The Morgan fingerprint density at radius 1 is 1.10 bits per heavy atom. The van der Waals surface area contributed by atoms with Gasteiger partial charge in [-0.05, 0) is 43.7 Å². The zero-order valence-electron chi connectivity index (χ0n) is 11.8. The Bertz CT molecular complexity index is 456. The van der Waals surface area contributed by atoms with E-state index in [4.69, 9.17) is 11.6 Å². The summed E-state index contributed by atoms with van der Waals surface area (Å²) in [5, 5.41) is 0.530. The van der Waals surface area contributed by atoms with Crippen LogP contribution in [0.5, 0.6) is 0 Å². The van der Waals surface area contributed by atoms with Crippen LogP contribution in [-0.2, 0) is 0 Å². The molecule has 1 saturated carbocycles. The first-order valence-corrected chi connectivity index (χ1v) is 7.80. The Morgan fingerprint density at radius 2 is 1.70 bits per heavy atom. The predicted molar refractivity (Wildman–Crippen MR) is 80.9 cm³/mol. The third kappa shape index (κ3) is 3.82. The van der Waals surface area contributed by atoms with Gasteiger partial charge in [-0.2, -0.15) is 0 Å². The van der Waals surface area contributed by atoms with Crippen molar-refractivity contribution in [3.8, 4) is 0 Å². The van der Waals surface area contributed by atoms with Gasteiger partial charge in [0.25, 0.3) is 0 Å². The van der Waals surface area contributed by atoms with Gasteiger partial charge in [-0.3, -0.25) is 0 Å². The summed E-state index contributed by atoms with van der Waals surface area (Å²) in [7, 11) is 0. The largest absolute Gasteiger partial charge is 0.208 e. The molecular weight excluding hydrogens is 278 g/mol. The van der Waals surface area contributed by atoms with Crippen molar-refractivity contribution in [3.05, 3.63) is 40.7 Å². The van der Waals surface area contributed by atoms with Crippen LogP contribution in [0.3, 0.4) is 0 Å². The Balaban J connectivity index is 2.04. The summed E-state index contributed by atoms with van der Waals surface area (Å²) in [6, 6.07) is 6.23. The molecule has 0 spiro atoms. The Hall–Kier alpha value is -0.890. The van der Waals surface area contributed by atoms with Crippen molar-refractivity contribution in [1.29, 1.82) is 0 Å². The van der Waals surface area contributed by atoms with Crippen LogP contribution in [0.15, 0.2) is 30.1 Å². The molecule has 110 valence electrons. The van der Waals surface area contributed by atoms with Crippen LogP contribution in [0.1, 0.15) is 51.0 Å². The van der Waals surface area contributed by atoms with Crippen LogP contribution in [0, 0.1) is 11.8 Å². The lowest BCUT2D eigenvalue weighted by atomic mass is 9.79. The second-order valence-corrected chi connectivity index (χ2v) is 6.11. The molecule has 1 aromatic carbocycles. The molecule has 0 nitrogen and oxygen atoms in total. The Morgan fingerprint density at radius 3 is 2.25 bits per heavy atom. The van der Waals surface area contributed by atoms with Crippen LogP contribution in [0.25, 0.3) is 5.83 Å². The first-order chi connectivity index (χ1) is 9.61. The van der Waals surface area contributed by atoms with E-state index in [1.807, 2.05) is 0 Å². The number of hydrogen-bond acceptors (Lipinski definition) is 0. The molecule has 1 aromatic rings. The molecule has 0 atom stereocenters. The molecule has 0 unspecified atom stereocenters. The molecule has 1 fully saturated rings. The Labute approximate surface area is 124 Å². The summed E-state index contributed by atoms with van der Waals surface area (Å²) >= 11 is 5.76. The van der Waals surface area contributed by atoms with E-state index >= 15 is 0 Å². The predicted octanol–water partition coefficient (Wildman–Crippen LogP) is 6.55. The second-order valence-electron chi connectivity index (χ2n) is 5.68. The maximum atomic E-state index is 14.3. The minimum Gasteiger partial charge on any atom is -0.208 e. The smallest absolute Gasteiger partial charge is 0.162 e. The molecule has 0 aliphatic heterocycles. The van der Waals surface area contributed by atoms with Crippen LogP contribution < -0.4 is 0 Å². The highest BCUT2D eigenvalue weighted by molar-refractivity contribution is 6.30. The number of halogens is 3. The minimum atomic E-state index is -0.722. The number of rotatable bonds is 4. The van der Waals surface area contributed by atoms with Gasteiger partial charge in [0, 0.05) is 16.5 Å². The van der Waals surface area contributed by atoms with Crippen molar-refractivity contribution in [2.45, 2.75) is 45.4 Å². The minimum absolute atomic E-state index is 0.251. The Kier molecular flexibility index (Phi) is 5.59. The van der Waals surface area contributed by atoms with Crippen molar-refractivity contribution in [2.24, 2.45) is 11.8 Å². The maximum absolute atomic E-state index is 14.3. The normalized spacial score (nSPS) is 24.4. The van der Waals surface area contributed by atoms with Crippen LogP contribution in [-0.4, -0.2) is 0 Å². The van der Waals surface area contributed by atoms with E-state index in [0.717, 1.165) is 25.7 Å². The van der Waals surface area contributed by atoms with Gasteiger partial charge in [0.15, 0.2) is 5.83 Å². The van der Waals surface area contributed by atoms with E-state index in [1.165, 1.54) is 25.0 Å². The van der Waals surface area contributed by atoms with Crippen LogP contribution in [0.4, 0.5) is 8.78 Å². The van der Waals surface area contributed by atoms with E-state index in [0.29, 0.717) is 10.9 Å². The fourth-order valence-corrected chi connectivity index (χ4v) is 3.15. The van der Waals surface area contributed by atoms with E-state index in [2.05, 4.69) is 6.92 Å².